The van der Waals surface area contributed by atoms with Crippen molar-refractivity contribution in [2.24, 2.45) is 5.92 Å². The highest BCUT2D eigenvalue weighted by atomic mass is 16.6. The van der Waals surface area contributed by atoms with Crippen LogP contribution in [0.4, 0.5) is 21.9 Å². The first-order valence-electron chi connectivity index (χ1n) is 13.0. The number of nitrogens with one attached hydrogen (secondary N) is 2. The van der Waals surface area contributed by atoms with Crippen LogP contribution in [0.1, 0.15) is 48.7 Å². The molecule has 3 rings (SSSR count). The molecule has 2 amide bonds. The normalized spacial score (nSPS) is 12.4. The van der Waals surface area contributed by atoms with Crippen LogP contribution >= 0.6 is 0 Å². The Kier molecular flexibility index (Phi) is 11.3. The van der Waals surface area contributed by atoms with Gasteiger partial charge in [0, 0.05) is 16.8 Å². The van der Waals surface area contributed by atoms with Gasteiger partial charge in [0.25, 0.3) is 0 Å². The quantitative estimate of drug-likeness (QED) is 0.122. The maximum Gasteiger partial charge on any atom is 0.412 e. The molecule has 0 fully saturated rings. The first-order chi connectivity index (χ1) is 19.3. The summed E-state index contributed by atoms with van der Waals surface area (Å²) in [6, 6.07) is 20.7. The van der Waals surface area contributed by atoms with Gasteiger partial charge in [-0.2, -0.15) is 0 Å². The van der Waals surface area contributed by atoms with Crippen LogP contribution in [0.25, 0.3) is 0 Å². The van der Waals surface area contributed by atoms with Crippen LogP contribution in [0.5, 0.6) is 5.75 Å². The number of hydrogen-bond acceptors (Lipinski definition) is 7. The van der Waals surface area contributed by atoms with Gasteiger partial charge in [-0.15, -0.1) is 0 Å². The molecule has 9 nitrogen and oxygen atoms in total. The summed E-state index contributed by atoms with van der Waals surface area (Å²) in [6.07, 6.45) is 3.00. The lowest BCUT2D eigenvalue weighted by atomic mass is 9.92. The average molecular weight is 546 g/mol. The van der Waals surface area contributed by atoms with Crippen molar-refractivity contribution in [3.05, 3.63) is 96.1 Å². The first-order valence-corrected chi connectivity index (χ1v) is 13.0. The van der Waals surface area contributed by atoms with Gasteiger partial charge in [0.05, 0.1) is 18.0 Å². The molecular weight excluding hydrogens is 510 g/mol. The SMILES string of the molecule is CC(=O)c1ccc(NC(=O)O[C@@H](c2ccccc2OCCO)[C@@H](C)CC/C=C/C(=O)Nc2ccccc2N)cc1. The van der Waals surface area contributed by atoms with Gasteiger partial charge in [0.2, 0.25) is 5.91 Å². The van der Waals surface area contributed by atoms with Gasteiger partial charge in [-0.05, 0) is 74.2 Å². The third-order valence-electron chi connectivity index (χ3n) is 6.14. The molecule has 0 saturated heterocycles. The van der Waals surface area contributed by atoms with Gasteiger partial charge in [-0.25, -0.2) is 4.79 Å². The van der Waals surface area contributed by atoms with E-state index in [1.807, 2.05) is 19.1 Å². The van der Waals surface area contributed by atoms with Crippen LogP contribution in [0.2, 0.25) is 0 Å². The lowest BCUT2D eigenvalue weighted by Gasteiger charge is -2.26. The van der Waals surface area contributed by atoms with Gasteiger partial charge in [-0.3, -0.25) is 14.9 Å². The summed E-state index contributed by atoms with van der Waals surface area (Å²) in [7, 11) is 0. The fraction of sp³-hybridized carbons (Fsp3) is 0.258. The highest BCUT2D eigenvalue weighted by Crippen LogP contribution is 2.35. The zero-order valence-electron chi connectivity index (χ0n) is 22.6. The van der Waals surface area contributed by atoms with Gasteiger partial charge >= 0.3 is 6.09 Å². The Hall–Kier alpha value is -4.63. The lowest BCUT2D eigenvalue weighted by molar-refractivity contribution is -0.111. The van der Waals surface area contributed by atoms with Crippen molar-refractivity contribution in [1.29, 1.82) is 0 Å². The molecule has 0 spiro atoms. The number of ketones is 1. The van der Waals surface area contributed by atoms with E-state index in [0.29, 0.717) is 46.8 Å². The highest BCUT2D eigenvalue weighted by molar-refractivity contribution is 6.01. The largest absolute Gasteiger partial charge is 0.491 e. The lowest BCUT2D eigenvalue weighted by Crippen LogP contribution is -2.22. The summed E-state index contributed by atoms with van der Waals surface area (Å²) < 4.78 is 11.6. The minimum Gasteiger partial charge on any atom is -0.491 e. The number of aliphatic hydroxyl groups is 1. The monoisotopic (exact) mass is 545 g/mol. The third kappa shape index (κ3) is 8.99. The molecule has 0 saturated carbocycles. The van der Waals surface area contributed by atoms with Gasteiger partial charge in [0.1, 0.15) is 18.5 Å². The summed E-state index contributed by atoms with van der Waals surface area (Å²) >= 11 is 0. The second-order valence-corrected chi connectivity index (χ2v) is 9.23. The van der Waals surface area contributed by atoms with Crippen LogP contribution in [-0.4, -0.2) is 36.1 Å². The molecule has 40 heavy (non-hydrogen) atoms. The van der Waals surface area contributed by atoms with Crippen LogP contribution in [-0.2, 0) is 9.53 Å². The number of carbonyl (C=O) groups is 3. The van der Waals surface area contributed by atoms with E-state index in [4.69, 9.17) is 15.2 Å². The van der Waals surface area contributed by atoms with Crippen molar-refractivity contribution in [1.82, 2.24) is 0 Å². The molecule has 9 heteroatoms. The predicted molar refractivity (Wildman–Crippen MR) is 155 cm³/mol. The van der Waals surface area contributed by atoms with Crippen molar-refractivity contribution in [2.75, 3.05) is 29.6 Å². The molecule has 0 aliphatic heterocycles. The van der Waals surface area contributed by atoms with E-state index in [2.05, 4.69) is 10.6 Å². The van der Waals surface area contributed by atoms with Crippen molar-refractivity contribution in [3.8, 4) is 5.75 Å². The Morgan fingerprint density at radius 1 is 0.975 bits per heavy atom. The maximum atomic E-state index is 12.9. The number of nitrogens with two attached hydrogens (primary N) is 1. The van der Waals surface area contributed by atoms with Gasteiger partial charge in [0.15, 0.2) is 5.78 Å². The number of hydrogen-bond donors (Lipinski definition) is 4. The van der Waals surface area contributed by atoms with Crippen LogP contribution in [0, 0.1) is 5.92 Å². The Balaban J connectivity index is 1.69. The summed E-state index contributed by atoms with van der Waals surface area (Å²) in [4.78, 5) is 36.7. The van der Waals surface area contributed by atoms with Crippen molar-refractivity contribution >= 4 is 34.8 Å². The molecule has 3 aromatic carbocycles. The Labute approximate surface area is 234 Å². The number of rotatable bonds is 13. The van der Waals surface area contributed by atoms with E-state index in [1.54, 1.807) is 66.7 Å². The first kappa shape index (κ1) is 29.9. The van der Waals surface area contributed by atoms with Crippen LogP contribution < -0.4 is 21.1 Å². The standard InChI is InChI=1S/C31H35N3O6/c1-21(9-3-8-14-29(37)34-27-12-6-5-11-26(27)32)30(25-10-4-7-13-28(25)39-20-19-35)40-31(38)33-24-17-15-23(16-18-24)22(2)36/h4-8,10-18,21,30,35H,3,9,19-20,32H2,1-2H3,(H,33,38)(H,34,37)/b14-8+/t21-,30+/m0/s1. The minimum atomic E-state index is -0.683. The van der Waals surface area contributed by atoms with Gasteiger partial charge in [-0.1, -0.05) is 43.3 Å². The molecule has 0 aliphatic carbocycles. The summed E-state index contributed by atoms with van der Waals surface area (Å²) in [5.74, 6) is -0.0286. The summed E-state index contributed by atoms with van der Waals surface area (Å²) in [6.45, 7) is 3.35. The van der Waals surface area contributed by atoms with E-state index < -0.39 is 12.2 Å². The van der Waals surface area contributed by atoms with E-state index in [0.717, 1.165) is 0 Å². The number of allylic oxidation sites excluding steroid dienone is 1. The molecule has 0 aliphatic rings. The molecule has 0 aromatic heterocycles. The maximum absolute atomic E-state index is 12.9. The smallest absolute Gasteiger partial charge is 0.412 e. The fourth-order valence-electron chi connectivity index (χ4n) is 4.03. The molecule has 0 radical (unpaired) electrons. The number of aliphatic hydroxyl groups excluding tert-OH is 1. The predicted octanol–water partition coefficient (Wildman–Crippen LogP) is 5.74. The Morgan fingerprint density at radius 2 is 1.68 bits per heavy atom. The molecule has 5 N–H and O–H groups in total. The summed E-state index contributed by atoms with van der Waals surface area (Å²) in [5, 5.41) is 14.7. The molecular formula is C31H35N3O6. The van der Waals surface area contributed by atoms with Crippen LogP contribution in [0.3, 0.4) is 0 Å². The molecule has 3 aromatic rings. The number of benzene rings is 3. The highest BCUT2D eigenvalue weighted by Gasteiger charge is 2.26. The number of Topliss-reactive ketones (excluding diaryl/α,β-unsaturated/α-hetero) is 1. The number of amides is 2. The molecule has 2 atom stereocenters. The van der Waals surface area contributed by atoms with Gasteiger partial charge < -0.3 is 25.6 Å². The minimum absolute atomic E-state index is 0.0711. The molecule has 0 bridgehead atoms. The molecule has 0 heterocycles. The second-order valence-electron chi connectivity index (χ2n) is 9.23. The Morgan fingerprint density at radius 3 is 2.38 bits per heavy atom. The average Bonchev–Trinajstić information content (AvgIpc) is 2.94. The number of para-hydroxylation sites is 3. The number of anilines is 3. The van der Waals surface area contributed by atoms with E-state index in [-0.39, 0.29) is 30.8 Å². The molecule has 0 unspecified atom stereocenters. The third-order valence-corrected chi connectivity index (χ3v) is 6.14. The van der Waals surface area contributed by atoms with E-state index in [1.165, 1.54) is 13.0 Å². The Bertz CT molecular complexity index is 1320. The number of nitrogen functional groups attached to an aromatic ring is 1. The number of ether oxygens (including phenoxy) is 2. The molecule has 210 valence electrons. The van der Waals surface area contributed by atoms with E-state index in [9.17, 15) is 19.5 Å². The zero-order valence-corrected chi connectivity index (χ0v) is 22.6. The van der Waals surface area contributed by atoms with Crippen molar-refractivity contribution in [2.45, 2.75) is 32.8 Å². The van der Waals surface area contributed by atoms with Crippen molar-refractivity contribution in [3.63, 3.8) is 0 Å². The van der Waals surface area contributed by atoms with Crippen molar-refractivity contribution < 1.29 is 29.0 Å². The zero-order chi connectivity index (χ0) is 28.9. The fourth-order valence-corrected chi connectivity index (χ4v) is 4.03. The number of carbonyl (C=O) groups excluding carboxylic acids is 3. The van der Waals surface area contributed by atoms with Crippen LogP contribution in [0.15, 0.2) is 84.9 Å². The summed E-state index contributed by atoms with van der Waals surface area (Å²) in [5.41, 5.74) is 8.58. The topological polar surface area (TPSA) is 140 Å². The van der Waals surface area contributed by atoms with E-state index >= 15 is 0 Å². The second kappa shape index (κ2) is 15.1.